The Hall–Kier alpha value is -2.09. The minimum absolute atomic E-state index is 0.219. The second kappa shape index (κ2) is 5.60. The molecule has 1 saturated carbocycles. The van der Waals surface area contributed by atoms with Crippen molar-refractivity contribution in [3.8, 4) is 0 Å². The number of benzene rings is 2. The van der Waals surface area contributed by atoms with Gasteiger partial charge in [0.25, 0.3) is 0 Å². The molecule has 112 valence electrons. The SMILES string of the molecule is O=C([C@@H]1C[C@H]1c1ccccc1)N1CC[C@@H](c2ccccc2)C1. The zero-order chi connectivity index (χ0) is 14.9. The van der Waals surface area contributed by atoms with Gasteiger partial charge in [-0.2, -0.15) is 0 Å². The first-order valence-electron chi connectivity index (χ1n) is 8.21. The third kappa shape index (κ3) is 2.54. The van der Waals surface area contributed by atoms with Gasteiger partial charge in [-0.1, -0.05) is 60.7 Å². The van der Waals surface area contributed by atoms with Crippen LogP contribution < -0.4 is 0 Å². The number of carbonyl (C=O) groups is 1. The fourth-order valence-corrected chi connectivity index (χ4v) is 3.73. The van der Waals surface area contributed by atoms with Crippen molar-refractivity contribution in [2.24, 2.45) is 5.92 Å². The topological polar surface area (TPSA) is 20.3 Å². The summed E-state index contributed by atoms with van der Waals surface area (Å²) >= 11 is 0. The van der Waals surface area contributed by atoms with E-state index in [-0.39, 0.29) is 5.92 Å². The average Bonchev–Trinajstić information content (AvgIpc) is 3.24. The Morgan fingerprint density at radius 2 is 1.55 bits per heavy atom. The Balaban J connectivity index is 1.39. The van der Waals surface area contributed by atoms with Gasteiger partial charge in [0.15, 0.2) is 0 Å². The quantitative estimate of drug-likeness (QED) is 0.842. The Bertz CT molecular complexity index is 652. The summed E-state index contributed by atoms with van der Waals surface area (Å²) in [5.41, 5.74) is 2.69. The lowest BCUT2D eigenvalue weighted by atomic mass is 9.99. The van der Waals surface area contributed by atoms with Gasteiger partial charge in [0, 0.05) is 24.9 Å². The van der Waals surface area contributed by atoms with E-state index < -0.39 is 0 Å². The minimum Gasteiger partial charge on any atom is -0.342 e. The van der Waals surface area contributed by atoms with Crippen molar-refractivity contribution in [1.82, 2.24) is 4.90 Å². The third-order valence-electron chi connectivity index (χ3n) is 5.11. The summed E-state index contributed by atoms with van der Waals surface area (Å²) in [6, 6.07) is 21.1. The van der Waals surface area contributed by atoms with Crippen LogP contribution in [0, 0.1) is 5.92 Å². The molecule has 0 radical (unpaired) electrons. The summed E-state index contributed by atoms with van der Waals surface area (Å²) in [5, 5.41) is 0. The van der Waals surface area contributed by atoms with Gasteiger partial charge in [-0.05, 0) is 29.9 Å². The lowest BCUT2D eigenvalue weighted by Gasteiger charge is -2.17. The van der Waals surface area contributed by atoms with Crippen molar-refractivity contribution in [1.29, 1.82) is 0 Å². The molecule has 0 aromatic heterocycles. The molecule has 2 fully saturated rings. The van der Waals surface area contributed by atoms with Crippen LogP contribution in [0.4, 0.5) is 0 Å². The molecule has 1 saturated heterocycles. The molecule has 3 atom stereocenters. The summed E-state index contributed by atoms with van der Waals surface area (Å²) in [5.74, 6) is 1.55. The van der Waals surface area contributed by atoms with E-state index in [4.69, 9.17) is 0 Å². The van der Waals surface area contributed by atoms with Crippen LogP contribution in [0.25, 0.3) is 0 Å². The lowest BCUT2D eigenvalue weighted by molar-refractivity contribution is -0.131. The zero-order valence-electron chi connectivity index (χ0n) is 12.7. The van der Waals surface area contributed by atoms with E-state index in [0.717, 1.165) is 25.9 Å². The fraction of sp³-hybridized carbons (Fsp3) is 0.350. The van der Waals surface area contributed by atoms with Crippen LogP contribution in [0.5, 0.6) is 0 Å². The largest absolute Gasteiger partial charge is 0.342 e. The molecular weight excluding hydrogens is 270 g/mol. The summed E-state index contributed by atoms with van der Waals surface area (Å²) in [6.07, 6.45) is 2.12. The molecular formula is C20H21NO. The molecule has 0 bridgehead atoms. The molecule has 2 aliphatic rings. The first-order valence-corrected chi connectivity index (χ1v) is 8.21. The van der Waals surface area contributed by atoms with Crippen molar-refractivity contribution in [3.05, 3.63) is 71.8 Å². The third-order valence-corrected chi connectivity index (χ3v) is 5.11. The molecule has 0 N–H and O–H groups in total. The van der Waals surface area contributed by atoms with E-state index >= 15 is 0 Å². The van der Waals surface area contributed by atoms with Gasteiger partial charge in [-0.15, -0.1) is 0 Å². The highest BCUT2D eigenvalue weighted by molar-refractivity contribution is 5.83. The highest BCUT2D eigenvalue weighted by Gasteiger charge is 2.46. The predicted molar refractivity (Wildman–Crippen MR) is 87.7 cm³/mol. The number of likely N-dealkylation sites (tertiary alicyclic amines) is 1. The maximum atomic E-state index is 12.7. The fourth-order valence-electron chi connectivity index (χ4n) is 3.73. The van der Waals surface area contributed by atoms with Crippen LogP contribution in [0.15, 0.2) is 60.7 Å². The Morgan fingerprint density at radius 3 is 2.23 bits per heavy atom. The van der Waals surface area contributed by atoms with Gasteiger partial charge in [0.2, 0.25) is 5.91 Å². The Kier molecular flexibility index (Phi) is 3.45. The number of hydrogen-bond donors (Lipinski definition) is 0. The molecule has 0 spiro atoms. The van der Waals surface area contributed by atoms with Crippen molar-refractivity contribution in [2.75, 3.05) is 13.1 Å². The maximum absolute atomic E-state index is 12.7. The monoisotopic (exact) mass is 291 g/mol. The average molecular weight is 291 g/mol. The summed E-state index contributed by atoms with van der Waals surface area (Å²) in [6.45, 7) is 1.80. The number of hydrogen-bond acceptors (Lipinski definition) is 1. The second-order valence-electron chi connectivity index (χ2n) is 6.54. The second-order valence-corrected chi connectivity index (χ2v) is 6.54. The molecule has 22 heavy (non-hydrogen) atoms. The van der Waals surface area contributed by atoms with Gasteiger partial charge >= 0.3 is 0 Å². The molecule has 2 aromatic carbocycles. The van der Waals surface area contributed by atoms with Crippen LogP contribution in [0.2, 0.25) is 0 Å². The van der Waals surface area contributed by atoms with E-state index in [1.807, 2.05) is 6.07 Å². The van der Waals surface area contributed by atoms with E-state index in [9.17, 15) is 4.79 Å². The van der Waals surface area contributed by atoms with Gasteiger partial charge < -0.3 is 4.90 Å². The zero-order valence-corrected chi connectivity index (χ0v) is 12.7. The molecule has 1 aliphatic heterocycles. The van der Waals surface area contributed by atoms with Crippen LogP contribution in [0.3, 0.4) is 0 Å². The predicted octanol–water partition coefficient (Wildman–Crippen LogP) is 3.81. The number of amides is 1. The highest BCUT2D eigenvalue weighted by atomic mass is 16.2. The van der Waals surface area contributed by atoms with Gasteiger partial charge in [0.1, 0.15) is 0 Å². The first kappa shape index (κ1) is 13.6. The van der Waals surface area contributed by atoms with E-state index in [1.54, 1.807) is 0 Å². The smallest absolute Gasteiger partial charge is 0.226 e. The highest BCUT2D eigenvalue weighted by Crippen LogP contribution is 2.49. The molecule has 2 nitrogen and oxygen atoms in total. The maximum Gasteiger partial charge on any atom is 0.226 e. The molecule has 2 aromatic rings. The van der Waals surface area contributed by atoms with E-state index in [1.165, 1.54) is 11.1 Å². The van der Waals surface area contributed by atoms with E-state index in [2.05, 4.69) is 59.5 Å². The molecule has 0 unspecified atom stereocenters. The molecule has 1 heterocycles. The Morgan fingerprint density at radius 1 is 0.909 bits per heavy atom. The van der Waals surface area contributed by atoms with Crippen LogP contribution in [-0.2, 0) is 4.79 Å². The summed E-state index contributed by atoms with van der Waals surface area (Å²) < 4.78 is 0. The Labute approximate surface area is 131 Å². The van der Waals surface area contributed by atoms with Crippen molar-refractivity contribution in [2.45, 2.75) is 24.7 Å². The van der Waals surface area contributed by atoms with Crippen molar-refractivity contribution in [3.63, 3.8) is 0 Å². The standard InChI is InChI=1S/C20H21NO/c22-20(19-13-18(19)16-9-5-2-6-10-16)21-12-11-17(14-21)15-7-3-1-4-8-15/h1-10,17-19H,11-14H2/t17-,18+,19-/m1/s1. The van der Waals surface area contributed by atoms with Gasteiger partial charge in [-0.3, -0.25) is 4.79 Å². The van der Waals surface area contributed by atoms with Gasteiger partial charge in [-0.25, -0.2) is 0 Å². The van der Waals surface area contributed by atoms with Crippen molar-refractivity contribution < 1.29 is 4.79 Å². The van der Waals surface area contributed by atoms with Crippen molar-refractivity contribution >= 4 is 5.91 Å². The normalized spacial score (nSPS) is 26.9. The van der Waals surface area contributed by atoms with Crippen LogP contribution in [0.1, 0.15) is 35.8 Å². The van der Waals surface area contributed by atoms with Gasteiger partial charge in [0.05, 0.1) is 0 Å². The summed E-state index contributed by atoms with van der Waals surface area (Å²) in [4.78, 5) is 14.8. The molecule has 4 rings (SSSR count). The minimum atomic E-state index is 0.219. The van der Waals surface area contributed by atoms with Crippen LogP contribution in [-0.4, -0.2) is 23.9 Å². The molecule has 1 amide bonds. The number of nitrogens with zero attached hydrogens (tertiary/aromatic N) is 1. The number of rotatable bonds is 3. The van der Waals surface area contributed by atoms with E-state index in [0.29, 0.717) is 17.7 Å². The first-order chi connectivity index (χ1) is 10.8. The summed E-state index contributed by atoms with van der Waals surface area (Å²) in [7, 11) is 0. The van der Waals surface area contributed by atoms with Crippen LogP contribution >= 0.6 is 0 Å². The number of carbonyl (C=O) groups excluding carboxylic acids is 1. The lowest BCUT2D eigenvalue weighted by Crippen LogP contribution is -2.30. The molecule has 2 heteroatoms. The molecule has 1 aliphatic carbocycles.